The van der Waals surface area contributed by atoms with Gasteiger partial charge in [0.25, 0.3) is 0 Å². The molecule has 1 fully saturated rings. The molecular formula is C19H29F2N3O2. The van der Waals surface area contributed by atoms with Gasteiger partial charge >= 0.3 is 0 Å². The third kappa shape index (κ3) is 8.10. The van der Waals surface area contributed by atoms with Gasteiger partial charge in [0.05, 0.1) is 13.2 Å². The smallest absolute Gasteiger partial charge is 0.191 e. The van der Waals surface area contributed by atoms with Crippen molar-refractivity contribution in [3.8, 4) is 0 Å². The number of halogens is 2. The Balaban J connectivity index is 1.63. The van der Waals surface area contributed by atoms with Crippen LogP contribution < -0.4 is 10.6 Å². The zero-order valence-corrected chi connectivity index (χ0v) is 15.4. The number of hydrogen-bond donors (Lipinski definition) is 2. The maximum atomic E-state index is 13.2. The highest BCUT2D eigenvalue weighted by Crippen LogP contribution is 2.12. The van der Waals surface area contributed by atoms with Crippen LogP contribution in [0, 0.1) is 17.6 Å². The lowest BCUT2D eigenvalue weighted by atomic mass is 10.1. The highest BCUT2D eigenvalue weighted by Gasteiger charge is 2.15. The van der Waals surface area contributed by atoms with Crippen LogP contribution in [0.3, 0.4) is 0 Å². The first-order chi connectivity index (χ1) is 12.7. The van der Waals surface area contributed by atoms with Crippen molar-refractivity contribution in [3.63, 3.8) is 0 Å². The molecule has 2 N–H and O–H groups in total. The van der Waals surface area contributed by atoms with E-state index < -0.39 is 11.6 Å². The fourth-order valence-electron chi connectivity index (χ4n) is 2.74. The zero-order valence-electron chi connectivity index (χ0n) is 15.4. The van der Waals surface area contributed by atoms with Crippen molar-refractivity contribution in [1.82, 2.24) is 10.6 Å². The molecule has 5 nitrogen and oxygen atoms in total. The van der Waals surface area contributed by atoms with E-state index in [9.17, 15) is 8.78 Å². The number of nitrogens with one attached hydrogen (secondary N) is 2. The highest BCUT2D eigenvalue weighted by atomic mass is 19.1. The lowest BCUT2D eigenvalue weighted by Gasteiger charge is -2.12. The van der Waals surface area contributed by atoms with E-state index in [1.807, 2.05) is 6.92 Å². The van der Waals surface area contributed by atoms with E-state index in [1.54, 1.807) is 0 Å². The van der Waals surface area contributed by atoms with Crippen molar-refractivity contribution in [2.24, 2.45) is 10.9 Å². The highest BCUT2D eigenvalue weighted by molar-refractivity contribution is 5.79. The summed E-state index contributed by atoms with van der Waals surface area (Å²) >= 11 is 0. The molecular weight excluding hydrogens is 340 g/mol. The second kappa shape index (κ2) is 11.8. The van der Waals surface area contributed by atoms with Crippen LogP contribution in [-0.2, 0) is 15.9 Å². The molecule has 0 spiro atoms. The minimum atomic E-state index is -0.551. The van der Waals surface area contributed by atoms with E-state index in [1.165, 1.54) is 12.1 Å². The number of guanidine groups is 1. The van der Waals surface area contributed by atoms with E-state index in [-0.39, 0.29) is 0 Å². The van der Waals surface area contributed by atoms with Gasteiger partial charge in [-0.15, -0.1) is 0 Å². The third-order valence-corrected chi connectivity index (χ3v) is 4.07. The Morgan fingerprint density at radius 3 is 2.77 bits per heavy atom. The maximum absolute atomic E-state index is 13.2. The zero-order chi connectivity index (χ0) is 18.6. The van der Waals surface area contributed by atoms with Crippen LogP contribution in [0.15, 0.2) is 23.2 Å². The van der Waals surface area contributed by atoms with Crippen LogP contribution >= 0.6 is 0 Å². The van der Waals surface area contributed by atoms with E-state index in [0.717, 1.165) is 45.3 Å². The Kier molecular flexibility index (Phi) is 9.34. The minimum Gasteiger partial charge on any atom is -0.381 e. The minimum absolute atomic E-state index is 0.520. The fraction of sp³-hybridized carbons (Fsp3) is 0.632. The summed E-state index contributed by atoms with van der Waals surface area (Å²) in [6.45, 7) is 7.04. The second-order valence-electron chi connectivity index (χ2n) is 6.37. The molecule has 146 valence electrons. The molecule has 1 aromatic rings. The normalized spacial score (nSPS) is 17.5. The van der Waals surface area contributed by atoms with Gasteiger partial charge in [-0.1, -0.05) is 0 Å². The molecule has 1 aliphatic rings. The first kappa shape index (κ1) is 20.6. The van der Waals surface area contributed by atoms with Gasteiger partial charge in [0.1, 0.15) is 11.6 Å². The first-order valence-electron chi connectivity index (χ1n) is 9.30. The number of ether oxygens (including phenoxy) is 2. The summed E-state index contributed by atoms with van der Waals surface area (Å²) in [7, 11) is 0. The fourth-order valence-corrected chi connectivity index (χ4v) is 2.74. The summed E-state index contributed by atoms with van der Waals surface area (Å²) in [4.78, 5) is 4.49. The van der Waals surface area contributed by atoms with E-state index >= 15 is 0 Å². The molecule has 1 heterocycles. The third-order valence-electron chi connectivity index (χ3n) is 4.07. The van der Waals surface area contributed by atoms with E-state index in [4.69, 9.17) is 9.47 Å². The first-order valence-corrected chi connectivity index (χ1v) is 9.30. The van der Waals surface area contributed by atoms with Gasteiger partial charge in [-0.05, 0) is 43.9 Å². The molecule has 0 saturated carbocycles. The number of aliphatic imine (C=N–C) groups is 1. The Hall–Kier alpha value is -1.73. The van der Waals surface area contributed by atoms with Gasteiger partial charge in [-0.3, -0.25) is 4.99 Å². The number of nitrogens with zero attached hydrogens (tertiary/aromatic N) is 1. The van der Waals surface area contributed by atoms with Crippen LogP contribution in [0.2, 0.25) is 0 Å². The van der Waals surface area contributed by atoms with Crippen molar-refractivity contribution in [1.29, 1.82) is 0 Å². The summed E-state index contributed by atoms with van der Waals surface area (Å²) in [6, 6.07) is 3.58. The van der Waals surface area contributed by atoms with Gasteiger partial charge < -0.3 is 20.1 Å². The van der Waals surface area contributed by atoms with Gasteiger partial charge in [0.15, 0.2) is 5.96 Å². The van der Waals surface area contributed by atoms with Crippen LogP contribution in [0.4, 0.5) is 8.78 Å². The monoisotopic (exact) mass is 369 g/mol. The molecule has 26 heavy (non-hydrogen) atoms. The molecule has 1 unspecified atom stereocenters. The largest absolute Gasteiger partial charge is 0.381 e. The molecule has 7 heteroatoms. The molecule has 1 saturated heterocycles. The van der Waals surface area contributed by atoms with Crippen molar-refractivity contribution in [2.75, 3.05) is 46.1 Å². The summed E-state index contributed by atoms with van der Waals surface area (Å²) < 4.78 is 37.3. The SMILES string of the molecule is CCNC(=NCCCOCC1CCOC1)NCCc1cc(F)cc(F)c1. The van der Waals surface area contributed by atoms with Crippen LogP contribution in [0.1, 0.15) is 25.3 Å². The van der Waals surface area contributed by atoms with Gasteiger partial charge in [0.2, 0.25) is 0 Å². The lowest BCUT2D eigenvalue weighted by molar-refractivity contribution is 0.0893. The average Bonchev–Trinajstić information content (AvgIpc) is 3.10. The number of rotatable bonds is 10. The number of benzene rings is 1. The summed E-state index contributed by atoms with van der Waals surface area (Å²) in [6.07, 6.45) is 2.45. The lowest BCUT2D eigenvalue weighted by Crippen LogP contribution is -2.38. The molecule has 0 amide bonds. The summed E-state index contributed by atoms with van der Waals surface area (Å²) in [5, 5.41) is 6.34. The Labute approximate surface area is 154 Å². The predicted molar refractivity (Wildman–Crippen MR) is 98.4 cm³/mol. The molecule has 0 aromatic heterocycles. The van der Waals surface area contributed by atoms with Crippen LogP contribution in [0.5, 0.6) is 0 Å². The Bertz CT molecular complexity index is 543. The topological polar surface area (TPSA) is 54.9 Å². The Morgan fingerprint density at radius 2 is 2.08 bits per heavy atom. The quantitative estimate of drug-likeness (QED) is 0.378. The molecule has 0 radical (unpaired) electrons. The molecule has 1 aliphatic heterocycles. The van der Waals surface area contributed by atoms with Crippen molar-refractivity contribution in [3.05, 3.63) is 35.4 Å². The standard InChI is InChI=1S/C19H29F2N3O2/c1-2-22-19(23-6-3-8-25-13-16-5-9-26-14-16)24-7-4-15-10-17(20)12-18(21)11-15/h10-12,16H,2-9,13-14H2,1H3,(H2,22,23,24). The summed E-state index contributed by atoms with van der Waals surface area (Å²) in [5.41, 5.74) is 0.621. The van der Waals surface area contributed by atoms with Crippen molar-refractivity contribution < 1.29 is 18.3 Å². The van der Waals surface area contributed by atoms with Gasteiger partial charge in [-0.25, -0.2) is 8.78 Å². The molecule has 0 bridgehead atoms. The summed E-state index contributed by atoms with van der Waals surface area (Å²) in [5.74, 6) is 0.133. The van der Waals surface area contributed by atoms with E-state index in [0.29, 0.717) is 43.6 Å². The van der Waals surface area contributed by atoms with Crippen molar-refractivity contribution in [2.45, 2.75) is 26.2 Å². The predicted octanol–water partition coefficient (Wildman–Crippen LogP) is 2.51. The van der Waals surface area contributed by atoms with Crippen molar-refractivity contribution >= 4 is 5.96 Å². The van der Waals surface area contributed by atoms with Crippen LogP contribution in [-0.4, -0.2) is 52.0 Å². The average molecular weight is 369 g/mol. The second-order valence-corrected chi connectivity index (χ2v) is 6.37. The number of hydrogen-bond acceptors (Lipinski definition) is 3. The van der Waals surface area contributed by atoms with Crippen LogP contribution in [0.25, 0.3) is 0 Å². The molecule has 1 aromatic carbocycles. The maximum Gasteiger partial charge on any atom is 0.191 e. The van der Waals surface area contributed by atoms with Gasteiger partial charge in [-0.2, -0.15) is 0 Å². The van der Waals surface area contributed by atoms with E-state index in [2.05, 4.69) is 15.6 Å². The molecule has 2 rings (SSSR count). The molecule has 1 atom stereocenters. The van der Waals surface area contributed by atoms with Gasteiger partial charge in [0, 0.05) is 44.8 Å². The Morgan fingerprint density at radius 1 is 1.27 bits per heavy atom. The molecule has 0 aliphatic carbocycles.